The number of hydrogen-bond acceptors (Lipinski definition) is 5. The standard InChI is InChI=1S/C11H17N3S2/c1-8-10(16-7-6-15-8)11-13-5-3-9(14-11)2-4-12/h3,5,8,10H,2,4,6-7,12H2,1H3. The Labute approximate surface area is 105 Å². The van der Waals surface area contributed by atoms with Gasteiger partial charge in [-0.15, -0.1) is 11.8 Å². The van der Waals surface area contributed by atoms with E-state index < -0.39 is 0 Å². The van der Waals surface area contributed by atoms with Crippen molar-refractivity contribution in [2.45, 2.75) is 23.8 Å². The lowest BCUT2D eigenvalue weighted by Crippen LogP contribution is -2.18. The molecule has 0 bridgehead atoms. The number of nitrogens with two attached hydrogens (primary N) is 1. The van der Waals surface area contributed by atoms with Crippen LogP contribution >= 0.6 is 23.5 Å². The van der Waals surface area contributed by atoms with Crippen molar-refractivity contribution in [1.82, 2.24) is 9.97 Å². The van der Waals surface area contributed by atoms with E-state index in [1.807, 2.05) is 35.8 Å². The Morgan fingerprint density at radius 2 is 2.25 bits per heavy atom. The van der Waals surface area contributed by atoms with E-state index >= 15 is 0 Å². The van der Waals surface area contributed by atoms with Crippen molar-refractivity contribution >= 4 is 23.5 Å². The van der Waals surface area contributed by atoms with Crippen LogP contribution < -0.4 is 5.73 Å². The summed E-state index contributed by atoms with van der Waals surface area (Å²) in [5.41, 5.74) is 6.61. The quantitative estimate of drug-likeness (QED) is 0.894. The highest BCUT2D eigenvalue weighted by Crippen LogP contribution is 2.40. The zero-order valence-corrected chi connectivity index (χ0v) is 11.1. The van der Waals surface area contributed by atoms with Gasteiger partial charge in [-0.2, -0.15) is 11.8 Å². The predicted octanol–water partition coefficient (Wildman–Crippen LogP) is 1.89. The van der Waals surface area contributed by atoms with Crippen LogP contribution in [0.2, 0.25) is 0 Å². The minimum Gasteiger partial charge on any atom is -0.330 e. The van der Waals surface area contributed by atoms with Gasteiger partial charge in [-0.05, 0) is 12.6 Å². The van der Waals surface area contributed by atoms with Gasteiger partial charge in [-0.3, -0.25) is 0 Å². The summed E-state index contributed by atoms with van der Waals surface area (Å²) in [6, 6.07) is 1.96. The molecule has 1 saturated heterocycles. The molecule has 2 rings (SSSR count). The first-order chi connectivity index (χ1) is 7.81. The summed E-state index contributed by atoms with van der Waals surface area (Å²) in [5.74, 6) is 3.42. The molecule has 1 aromatic rings. The van der Waals surface area contributed by atoms with Gasteiger partial charge in [0.2, 0.25) is 0 Å². The Balaban J connectivity index is 2.15. The molecular formula is C11H17N3S2. The lowest BCUT2D eigenvalue weighted by molar-refractivity contribution is 0.794. The highest BCUT2D eigenvalue weighted by atomic mass is 32.2. The molecule has 1 fully saturated rings. The average Bonchev–Trinajstić information content (AvgIpc) is 2.30. The highest BCUT2D eigenvalue weighted by molar-refractivity contribution is 8.06. The van der Waals surface area contributed by atoms with Crippen molar-refractivity contribution in [3.8, 4) is 0 Å². The Morgan fingerprint density at radius 3 is 3.00 bits per heavy atom. The monoisotopic (exact) mass is 255 g/mol. The van der Waals surface area contributed by atoms with E-state index in [9.17, 15) is 0 Å². The zero-order valence-electron chi connectivity index (χ0n) is 9.43. The first kappa shape index (κ1) is 12.2. The van der Waals surface area contributed by atoms with E-state index in [1.165, 1.54) is 11.5 Å². The lowest BCUT2D eigenvalue weighted by Gasteiger charge is -2.26. The molecule has 0 spiro atoms. The van der Waals surface area contributed by atoms with Crippen molar-refractivity contribution < 1.29 is 0 Å². The number of aromatic nitrogens is 2. The fraction of sp³-hybridized carbons (Fsp3) is 0.636. The second-order valence-corrected chi connectivity index (χ2v) is 6.55. The molecule has 2 unspecified atom stereocenters. The second-order valence-electron chi connectivity index (χ2n) is 3.81. The SMILES string of the molecule is CC1SCCSC1c1nccc(CCN)n1. The highest BCUT2D eigenvalue weighted by Gasteiger charge is 2.26. The van der Waals surface area contributed by atoms with Crippen molar-refractivity contribution in [3.05, 3.63) is 23.8 Å². The van der Waals surface area contributed by atoms with Crippen LogP contribution in [0.15, 0.2) is 12.3 Å². The molecule has 2 N–H and O–H groups in total. The van der Waals surface area contributed by atoms with E-state index in [0.29, 0.717) is 17.0 Å². The number of nitrogens with zero attached hydrogens (tertiary/aromatic N) is 2. The van der Waals surface area contributed by atoms with Gasteiger partial charge in [0.1, 0.15) is 5.82 Å². The Morgan fingerprint density at radius 1 is 1.44 bits per heavy atom. The molecular weight excluding hydrogens is 238 g/mol. The number of hydrogen-bond donors (Lipinski definition) is 1. The minimum absolute atomic E-state index is 0.441. The van der Waals surface area contributed by atoms with Crippen molar-refractivity contribution in [2.24, 2.45) is 5.73 Å². The Hall–Kier alpha value is -0.260. The molecule has 0 amide bonds. The normalized spacial score (nSPS) is 25.6. The summed E-state index contributed by atoms with van der Waals surface area (Å²) in [4.78, 5) is 9.02. The van der Waals surface area contributed by atoms with Gasteiger partial charge in [0.15, 0.2) is 0 Å². The third-order valence-electron chi connectivity index (χ3n) is 2.57. The largest absolute Gasteiger partial charge is 0.330 e. The van der Waals surface area contributed by atoms with Gasteiger partial charge in [-0.25, -0.2) is 9.97 Å². The third kappa shape index (κ3) is 2.90. The summed E-state index contributed by atoms with van der Waals surface area (Å²) in [7, 11) is 0. The second kappa shape index (κ2) is 5.89. The maximum absolute atomic E-state index is 5.55. The van der Waals surface area contributed by atoms with E-state index in [1.54, 1.807) is 0 Å². The smallest absolute Gasteiger partial charge is 0.142 e. The molecule has 2 atom stereocenters. The van der Waals surface area contributed by atoms with E-state index in [-0.39, 0.29) is 0 Å². The summed E-state index contributed by atoms with van der Waals surface area (Å²) in [6.07, 6.45) is 2.70. The molecule has 1 aromatic heterocycles. The Kier molecular flexibility index (Phi) is 4.49. The maximum atomic E-state index is 5.55. The van der Waals surface area contributed by atoms with Gasteiger partial charge in [0.05, 0.1) is 5.25 Å². The van der Waals surface area contributed by atoms with Crippen LogP contribution in [-0.2, 0) is 6.42 Å². The summed E-state index contributed by atoms with van der Waals surface area (Å²) >= 11 is 3.99. The van der Waals surface area contributed by atoms with Crippen molar-refractivity contribution in [1.29, 1.82) is 0 Å². The lowest BCUT2D eigenvalue weighted by atomic mass is 10.2. The van der Waals surface area contributed by atoms with Gasteiger partial charge in [0, 0.05) is 35.1 Å². The summed E-state index contributed by atoms with van der Waals surface area (Å²) in [5, 5.41) is 1.04. The van der Waals surface area contributed by atoms with Crippen LogP contribution in [0.5, 0.6) is 0 Å². The van der Waals surface area contributed by atoms with Gasteiger partial charge in [0.25, 0.3) is 0 Å². The van der Waals surface area contributed by atoms with Crippen LogP contribution in [0.3, 0.4) is 0 Å². The first-order valence-electron chi connectivity index (χ1n) is 5.56. The molecule has 0 radical (unpaired) electrons. The van der Waals surface area contributed by atoms with Crippen molar-refractivity contribution in [2.75, 3.05) is 18.1 Å². The third-order valence-corrected chi connectivity index (χ3v) is 5.66. The van der Waals surface area contributed by atoms with E-state index in [2.05, 4.69) is 16.9 Å². The maximum Gasteiger partial charge on any atom is 0.142 e. The molecule has 3 nitrogen and oxygen atoms in total. The summed E-state index contributed by atoms with van der Waals surface area (Å²) < 4.78 is 0. The molecule has 0 aliphatic carbocycles. The van der Waals surface area contributed by atoms with Crippen LogP contribution in [-0.4, -0.2) is 33.3 Å². The molecule has 0 saturated carbocycles. The minimum atomic E-state index is 0.441. The molecule has 88 valence electrons. The zero-order chi connectivity index (χ0) is 11.4. The fourth-order valence-corrected chi connectivity index (χ4v) is 4.45. The molecule has 0 aromatic carbocycles. The fourth-order valence-electron chi connectivity index (χ4n) is 1.75. The summed E-state index contributed by atoms with van der Waals surface area (Å²) in [6.45, 7) is 2.92. The first-order valence-corrected chi connectivity index (χ1v) is 7.66. The average molecular weight is 255 g/mol. The van der Waals surface area contributed by atoms with Crippen LogP contribution in [0.25, 0.3) is 0 Å². The topological polar surface area (TPSA) is 51.8 Å². The van der Waals surface area contributed by atoms with Crippen molar-refractivity contribution in [3.63, 3.8) is 0 Å². The van der Waals surface area contributed by atoms with Crippen LogP contribution in [0, 0.1) is 0 Å². The van der Waals surface area contributed by atoms with E-state index in [0.717, 1.165) is 17.9 Å². The molecule has 5 heteroatoms. The van der Waals surface area contributed by atoms with Crippen LogP contribution in [0.1, 0.15) is 23.7 Å². The molecule has 16 heavy (non-hydrogen) atoms. The molecule has 1 aliphatic rings. The van der Waals surface area contributed by atoms with Gasteiger partial charge in [-0.1, -0.05) is 6.92 Å². The van der Waals surface area contributed by atoms with Crippen LogP contribution in [0.4, 0.5) is 0 Å². The Bertz CT molecular complexity index is 346. The molecule has 2 heterocycles. The van der Waals surface area contributed by atoms with E-state index in [4.69, 9.17) is 5.73 Å². The molecule has 1 aliphatic heterocycles. The predicted molar refractivity (Wildman–Crippen MR) is 71.9 cm³/mol. The number of thioether (sulfide) groups is 2. The van der Waals surface area contributed by atoms with Gasteiger partial charge < -0.3 is 5.73 Å². The number of rotatable bonds is 3. The van der Waals surface area contributed by atoms with Gasteiger partial charge >= 0.3 is 0 Å².